The zero-order valence-corrected chi connectivity index (χ0v) is 11.0. The summed E-state index contributed by atoms with van der Waals surface area (Å²) in [5, 5.41) is 3.83. The summed E-state index contributed by atoms with van der Waals surface area (Å²) in [4.78, 5) is 0. The van der Waals surface area contributed by atoms with Crippen molar-refractivity contribution in [3.8, 4) is 0 Å². The molecule has 0 aromatic carbocycles. The van der Waals surface area contributed by atoms with Crippen molar-refractivity contribution in [3.63, 3.8) is 0 Å². The third kappa shape index (κ3) is 2.41. The second-order valence-corrected chi connectivity index (χ2v) is 7.04. The third-order valence-corrected chi connectivity index (χ3v) is 5.44. The molecular formula is C13H23NOS. The molecule has 1 N–H and O–H groups in total. The Labute approximate surface area is 103 Å². The number of ether oxygens (including phenoxy) is 1. The van der Waals surface area contributed by atoms with Crippen molar-refractivity contribution in [2.24, 2.45) is 5.92 Å². The van der Waals surface area contributed by atoms with Gasteiger partial charge in [-0.2, -0.15) is 11.8 Å². The molecule has 92 valence electrons. The normalized spacial score (nSPS) is 42.2. The largest absolute Gasteiger partial charge is 0.375 e. The van der Waals surface area contributed by atoms with Gasteiger partial charge in [-0.15, -0.1) is 0 Å². The number of thioether (sulfide) groups is 1. The maximum atomic E-state index is 6.11. The van der Waals surface area contributed by atoms with Gasteiger partial charge in [0.05, 0.1) is 5.60 Å². The highest BCUT2D eigenvalue weighted by Gasteiger charge is 2.41. The van der Waals surface area contributed by atoms with Crippen LogP contribution in [0.3, 0.4) is 0 Å². The Bertz CT molecular complexity index is 247. The van der Waals surface area contributed by atoms with E-state index in [1.54, 1.807) is 0 Å². The highest BCUT2D eigenvalue weighted by atomic mass is 32.2. The molecule has 1 spiro atoms. The smallest absolute Gasteiger partial charge is 0.0713 e. The van der Waals surface area contributed by atoms with Crippen LogP contribution in [0.2, 0.25) is 0 Å². The van der Waals surface area contributed by atoms with Crippen molar-refractivity contribution in [1.29, 1.82) is 0 Å². The monoisotopic (exact) mass is 241 g/mol. The molecule has 0 aromatic heterocycles. The van der Waals surface area contributed by atoms with Gasteiger partial charge < -0.3 is 10.1 Å². The summed E-state index contributed by atoms with van der Waals surface area (Å²) in [5.74, 6) is 3.51. The highest BCUT2D eigenvalue weighted by Crippen LogP contribution is 2.39. The summed E-state index contributed by atoms with van der Waals surface area (Å²) in [7, 11) is 0. The van der Waals surface area contributed by atoms with Crippen LogP contribution >= 0.6 is 11.8 Å². The fraction of sp³-hybridized carbons (Fsp3) is 1.00. The SMILES string of the molecule is CC1CC1NC1CCOC2(CCSCC2)C1. The van der Waals surface area contributed by atoms with Gasteiger partial charge in [-0.05, 0) is 49.5 Å². The molecule has 1 aliphatic carbocycles. The molecule has 0 bridgehead atoms. The van der Waals surface area contributed by atoms with E-state index < -0.39 is 0 Å². The van der Waals surface area contributed by atoms with Crippen LogP contribution in [0.4, 0.5) is 0 Å². The van der Waals surface area contributed by atoms with Gasteiger partial charge in [0.2, 0.25) is 0 Å². The summed E-state index contributed by atoms with van der Waals surface area (Å²) in [6, 6.07) is 1.55. The molecule has 3 atom stereocenters. The molecule has 3 rings (SSSR count). The van der Waals surface area contributed by atoms with Crippen molar-refractivity contribution < 1.29 is 4.74 Å². The minimum atomic E-state index is 0.249. The lowest BCUT2D eigenvalue weighted by Crippen LogP contribution is -2.49. The van der Waals surface area contributed by atoms with Crippen LogP contribution < -0.4 is 5.32 Å². The average Bonchev–Trinajstić information content (AvgIpc) is 2.95. The van der Waals surface area contributed by atoms with Gasteiger partial charge in [-0.1, -0.05) is 6.92 Å². The number of nitrogens with one attached hydrogen (secondary N) is 1. The summed E-state index contributed by atoms with van der Waals surface area (Å²) >= 11 is 2.09. The van der Waals surface area contributed by atoms with E-state index in [-0.39, 0.29) is 5.60 Å². The Morgan fingerprint density at radius 3 is 2.75 bits per heavy atom. The van der Waals surface area contributed by atoms with E-state index in [4.69, 9.17) is 4.74 Å². The van der Waals surface area contributed by atoms with Gasteiger partial charge in [0.1, 0.15) is 0 Å². The molecule has 0 amide bonds. The molecule has 2 heterocycles. The van der Waals surface area contributed by atoms with E-state index in [0.717, 1.165) is 24.6 Å². The molecule has 2 saturated heterocycles. The van der Waals surface area contributed by atoms with E-state index in [1.807, 2.05) is 0 Å². The Morgan fingerprint density at radius 2 is 2.06 bits per heavy atom. The van der Waals surface area contributed by atoms with Crippen LogP contribution in [0, 0.1) is 5.92 Å². The Balaban J connectivity index is 1.56. The van der Waals surface area contributed by atoms with Crippen molar-refractivity contribution in [2.45, 2.75) is 56.7 Å². The molecule has 3 heteroatoms. The second-order valence-electron chi connectivity index (χ2n) is 5.82. The fourth-order valence-corrected chi connectivity index (χ4v) is 4.36. The van der Waals surface area contributed by atoms with E-state index in [0.29, 0.717) is 0 Å². The summed E-state index contributed by atoms with van der Waals surface area (Å²) < 4.78 is 6.11. The van der Waals surface area contributed by atoms with Crippen LogP contribution in [-0.2, 0) is 4.74 Å². The molecule has 3 fully saturated rings. The van der Waals surface area contributed by atoms with Gasteiger partial charge in [0, 0.05) is 18.7 Å². The third-order valence-electron chi connectivity index (χ3n) is 4.46. The van der Waals surface area contributed by atoms with Gasteiger partial charge in [0.25, 0.3) is 0 Å². The quantitative estimate of drug-likeness (QED) is 0.802. The summed E-state index contributed by atoms with van der Waals surface area (Å²) in [5.41, 5.74) is 0.249. The predicted octanol–water partition coefficient (Wildman–Crippen LogP) is 2.43. The maximum Gasteiger partial charge on any atom is 0.0713 e. The van der Waals surface area contributed by atoms with Crippen LogP contribution in [0.1, 0.15) is 39.0 Å². The lowest BCUT2D eigenvalue weighted by Gasteiger charge is -2.43. The first-order valence-corrected chi connectivity index (χ1v) is 7.91. The molecule has 0 aromatic rings. The molecule has 3 unspecified atom stereocenters. The molecule has 16 heavy (non-hydrogen) atoms. The minimum Gasteiger partial charge on any atom is -0.375 e. The van der Waals surface area contributed by atoms with Gasteiger partial charge in [-0.25, -0.2) is 0 Å². The van der Waals surface area contributed by atoms with Gasteiger partial charge in [-0.3, -0.25) is 0 Å². The average molecular weight is 241 g/mol. The molecule has 1 saturated carbocycles. The van der Waals surface area contributed by atoms with Crippen LogP contribution in [0.15, 0.2) is 0 Å². The van der Waals surface area contributed by atoms with E-state index in [2.05, 4.69) is 24.0 Å². The van der Waals surface area contributed by atoms with Crippen molar-refractivity contribution >= 4 is 11.8 Å². The van der Waals surface area contributed by atoms with Crippen molar-refractivity contribution in [1.82, 2.24) is 5.32 Å². The number of hydrogen-bond donors (Lipinski definition) is 1. The first-order valence-electron chi connectivity index (χ1n) is 6.75. The molecule has 2 nitrogen and oxygen atoms in total. The highest BCUT2D eigenvalue weighted by molar-refractivity contribution is 7.99. The van der Waals surface area contributed by atoms with E-state index in [9.17, 15) is 0 Å². The topological polar surface area (TPSA) is 21.3 Å². The zero-order chi connectivity index (χ0) is 11.0. The number of hydrogen-bond acceptors (Lipinski definition) is 3. The van der Waals surface area contributed by atoms with Crippen molar-refractivity contribution in [3.05, 3.63) is 0 Å². The Hall–Kier alpha value is 0.270. The fourth-order valence-electron chi connectivity index (χ4n) is 3.12. The molecule has 0 radical (unpaired) electrons. The first-order chi connectivity index (χ1) is 7.77. The first kappa shape index (κ1) is 11.4. The van der Waals surface area contributed by atoms with Crippen molar-refractivity contribution in [2.75, 3.05) is 18.1 Å². The Kier molecular flexibility index (Phi) is 3.20. The standard InChI is InChI=1S/C13H23NOS/c1-10-8-12(10)14-11-2-5-15-13(9-11)3-6-16-7-4-13/h10-12,14H,2-9H2,1H3. The zero-order valence-electron chi connectivity index (χ0n) is 10.2. The molecule has 3 aliphatic rings. The van der Waals surface area contributed by atoms with Gasteiger partial charge in [0.15, 0.2) is 0 Å². The Morgan fingerprint density at radius 1 is 1.31 bits per heavy atom. The second kappa shape index (κ2) is 4.51. The lowest BCUT2D eigenvalue weighted by atomic mass is 9.85. The lowest BCUT2D eigenvalue weighted by molar-refractivity contribution is -0.0934. The summed E-state index contributed by atoms with van der Waals surface area (Å²) in [6.07, 6.45) is 6.42. The van der Waals surface area contributed by atoms with E-state index in [1.165, 1.54) is 43.6 Å². The maximum absolute atomic E-state index is 6.11. The minimum absolute atomic E-state index is 0.249. The van der Waals surface area contributed by atoms with Gasteiger partial charge >= 0.3 is 0 Å². The number of rotatable bonds is 2. The predicted molar refractivity (Wildman–Crippen MR) is 69.0 cm³/mol. The van der Waals surface area contributed by atoms with Crippen LogP contribution in [-0.4, -0.2) is 35.8 Å². The van der Waals surface area contributed by atoms with Crippen LogP contribution in [0.5, 0.6) is 0 Å². The molecule has 2 aliphatic heterocycles. The molecular weight excluding hydrogens is 218 g/mol. The van der Waals surface area contributed by atoms with E-state index >= 15 is 0 Å². The summed E-state index contributed by atoms with van der Waals surface area (Å²) in [6.45, 7) is 3.33. The van der Waals surface area contributed by atoms with Crippen LogP contribution in [0.25, 0.3) is 0 Å².